The quantitative estimate of drug-likeness (QED) is 0.449. The van der Waals surface area contributed by atoms with Crippen LogP contribution in [-0.2, 0) is 11.2 Å². The van der Waals surface area contributed by atoms with Crippen LogP contribution in [0.15, 0.2) is 23.2 Å². The Balaban J connectivity index is 1.41. The summed E-state index contributed by atoms with van der Waals surface area (Å²) in [6.45, 7) is 0.871. The molecule has 2 N–H and O–H groups in total. The molecular weight excluding hydrogens is 318 g/mol. The van der Waals surface area contributed by atoms with Gasteiger partial charge in [0.25, 0.3) is 0 Å². The topological polar surface area (TPSA) is 64.1 Å². The highest BCUT2D eigenvalue weighted by molar-refractivity contribution is 5.80. The Hall–Kier alpha value is -1.95. The monoisotopic (exact) mass is 347 g/mol. The lowest BCUT2D eigenvalue weighted by molar-refractivity contribution is 0.0992. The fraction of sp³-hybridized carbons (Fsp3) is 0.632. The number of fused-ring (bicyclic) bond motifs is 2. The Morgan fingerprint density at radius 3 is 2.72 bits per heavy atom. The van der Waals surface area contributed by atoms with Crippen LogP contribution in [0.2, 0.25) is 0 Å². The molecule has 1 aromatic carbocycles. The summed E-state index contributed by atoms with van der Waals surface area (Å²) in [6.07, 6.45) is 6.27. The van der Waals surface area contributed by atoms with Crippen molar-refractivity contribution in [1.29, 1.82) is 0 Å². The SMILES string of the molecule is CN=C(NCCCc1ccc(OC)c(OC)c1)NC1CC2CCC1O2. The predicted molar refractivity (Wildman–Crippen MR) is 98.7 cm³/mol. The van der Waals surface area contributed by atoms with Crippen LogP contribution in [0.4, 0.5) is 0 Å². The summed E-state index contributed by atoms with van der Waals surface area (Å²) in [4.78, 5) is 4.33. The van der Waals surface area contributed by atoms with E-state index in [-0.39, 0.29) is 0 Å². The zero-order chi connectivity index (χ0) is 17.6. The Bertz CT molecular complexity index is 606. The van der Waals surface area contributed by atoms with E-state index in [1.165, 1.54) is 18.4 Å². The van der Waals surface area contributed by atoms with Gasteiger partial charge in [0.15, 0.2) is 17.5 Å². The number of guanidine groups is 1. The third-order valence-corrected chi connectivity index (χ3v) is 5.03. The van der Waals surface area contributed by atoms with Crippen molar-refractivity contribution in [1.82, 2.24) is 10.6 Å². The molecule has 3 rings (SSSR count). The zero-order valence-corrected chi connectivity index (χ0v) is 15.4. The third-order valence-electron chi connectivity index (χ3n) is 5.03. The average molecular weight is 347 g/mol. The van der Waals surface area contributed by atoms with E-state index in [1.54, 1.807) is 14.2 Å². The van der Waals surface area contributed by atoms with Gasteiger partial charge in [-0.05, 0) is 49.8 Å². The van der Waals surface area contributed by atoms with Crippen LogP contribution in [0.1, 0.15) is 31.2 Å². The van der Waals surface area contributed by atoms with Crippen LogP contribution in [-0.4, -0.2) is 52.0 Å². The molecule has 2 aliphatic heterocycles. The van der Waals surface area contributed by atoms with Crippen LogP contribution in [0, 0.1) is 0 Å². The summed E-state index contributed by atoms with van der Waals surface area (Å²) < 4.78 is 16.5. The van der Waals surface area contributed by atoms with Crippen molar-refractivity contribution < 1.29 is 14.2 Å². The van der Waals surface area contributed by atoms with Gasteiger partial charge in [0.1, 0.15) is 0 Å². The third kappa shape index (κ3) is 4.37. The lowest BCUT2D eigenvalue weighted by Crippen LogP contribution is -2.47. The molecule has 3 atom stereocenters. The summed E-state index contributed by atoms with van der Waals surface area (Å²) in [5.41, 5.74) is 1.24. The number of ether oxygens (including phenoxy) is 3. The smallest absolute Gasteiger partial charge is 0.191 e. The van der Waals surface area contributed by atoms with Crippen molar-refractivity contribution in [3.8, 4) is 11.5 Å². The molecule has 2 fully saturated rings. The first kappa shape index (κ1) is 17.9. The number of aryl methyl sites for hydroxylation is 1. The molecule has 2 saturated heterocycles. The molecular formula is C19H29N3O3. The highest BCUT2D eigenvalue weighted by Crippen LogP contribution is 2.34. The van der Waals surface area contributed by atoms with Gasteiger partial charge >= 0.3 is 0 Å². The minimum absolute atomic E-state index is 0.357. The standard InChI is InChI=1S/C19H29N3O3/c1-20-19(22-15-12-14-7-9-16(15)25-14)21-10-4-5-13-6-8-17(23-2)18(11-13)24-3/h6,8,11,14-16H,4-5,7,9-10,12H2,1-3H3,(H2,20,21,22). The molecule has 138 valence electrons. The molecule has 25 heavy (non-hydrogen) atoms. The average Bonchev–Trinajstić information content (AvgIpc) is 3.27. The Kier molecular flexibility index (Phi) is 6.02. The van der Waals surface area contributed by atoms with Gasteiger partial charge in [-0.15, -0.1) is 0 Å². The van der Waals surface area contributed by atoms with Gasteiger partial charge in [-0.3, -0.25) is 4.99 Å². The second kappa shape index (κ2) is 8.43. The van der Waals surface area contributed by atoms with Crippen LogP contribution in [0.25, 0.3) is 0 Å². The first-order valence-corrected chi connectivity index (χ1v) is 9.07. The molecule has 0 spiro atoms. The van der Waals surface area contributed by atoms with Crippen molar-refractivity contribution in [2.45, 2.75) is 50.4 Å². The maximum atomic E-state index is 5.89. The van der Waals surface area contributed by atoms with Crippen molar-refractivity contribution in [2.24, 2.45) is 4.99 Å². The molecule has 0 radical (unpaired) electrons. The lowest BCUT2D eigenvalue weighted by Gasteiger charge is -2.22. The Labute approximate surface area is 149 Å². The van der Waals surface area contributed by atoms with Gasteiger partial charge in [0.2, 0.25) is 0 Å². The molecule has 1 aromatic rings. The molecule has 2 bridgehead atoms. The van der Waals surface area contributed by atoms with E-state index in [0.717, 1.165) is 43.3 Å². The van der Waals surface area contributed by atoms with Crippen LogP contribution in [0.5, 0.6) is 11.5 Å². The maximum absolute atomic E-state index is 5.89. The van der Waals surface area contributed by atoms with Gasteiger partial charge in [0.05, 0.1) is 32.5 Å². The minimum atomic E-state index is 0.357. The van der Waals surface area contributed by atoms with E-state index in [1.807, 2.05) is 19.2 Å². The van der Waals surface area contributed by atoms with Gasteiger partial charge in [-0.2, -0.15) is 0 Å². The van der Waals surface area contributed by atoms with E-state index >= 15 is 0 Å². The first-order valence-electron chi connectivity index (χ1n) is 9.07. The molecule has 3 unspecified atom stereocenters. The van der Waals surface area contributed by atoms with Crippen LogP contribution in [0.3, 0.4) is 0 Å². The summed E-state index contributed by atoms with van der Waals surface area (Å²) in [7, 11) is 5.14. The molecule has 0 aromatic heterocycles. The zero-order valence-electron chi connectivity index (χ0n) is 15.4. The summed E-state index contributed by atoms with van der Waals surface area (Å²) in [5, 5.41) is 6.91. The Morgan fingerprint density at radius 2 is 2.08 bits per heavy atom. The highest BCUT2D eigenvalue weighted by atomic mass is 16.5. The van der Waals surface area contributed by atoms with Crippen molar-refractivity contribution in [3.05, 3.63) is 23.8 Å². The highest BCUT2D eigenvalue weighted by Gasteiger charge is 2.41. The van der Waals surface area contributed by atoms with Crippen molar-refractivity contribution in [2.75, 3.05) is 27.8 Å². The number of nitrogens with zero attached hydrogens (tertiary/aromatic N) is 1. The predicted octanol–water partition coefficient (Wildman–Crippen LogP) is 2.12. The largest absolute Gasteiger partial charge is 0.493 e. The van der Waals surface area contributed by atoms with E-state index in [4.69, 9.17) is 14.2 Å². The second-order valence-corrected chi connectivity index (χ2v) is 6.65. The van der Waals surface area contributed by atoms with Gasteiger partial charge in [-0.1, -0.05) is 6.07 Å². The van der Waals surface area contributed by atoms with Crippen molar-refractivity contribution >= 4 is 5.96 Å². The molecule has 2 aliphatic rings. The van der Waals surface area contributed by atoms with E-state index in [9.17, 15) is 0 Å². The maximum Gasteiger partial charge on any atom is 0.191 e. The number of methoxy groups -OCH3 is 2. The number of hydrogen-bond acceptors (Lipinski definition) is 4. The molecule has 6 heteroatoms. The van der Waals surface area contributed by atoms with Crippen molar-refractivity contribution in [3.63, 3.8) is 0 Å². The van der Waals surface area contributed by atoms with Gasteiger partial charge in [0, 0.05) is 13.6 Å². The fourth-order valence-corrected chi connectivity index (χ4v) is 3.70. The normalized spacial score (nSPS) is 25.1. The van der Waals surface area contributed by atoms with E-state index < -0.39 is 0 Å². The van der Waals surface area contributed by atoms with E-state index in [0.29, 0.717) is 18.2 Å². The Morgan fingerprint density at radius 1 is 1.24 bits per heavy atom. The van der Waals surface area contributed by atoms with Gasteiger partial charge < -0.3 is 24.8 Å². The summed E-state index contributed by atoms with van der Waals surface area (Å²) >= 11 is 0. The number of aliphatic imine (C=N–C) groups is 1. The van der Waals surface area contributed by atoms with Gasteiger partial charge in [-0.25, -0.2) is 0 Å². The minimum Gasteiger partial charge on any atom is -0.493 e. The fourth-order valence-electron chi connectivity index (χ4n) is 3.70. The number of rotatable bonds is 7. The second-order valence-electron chi connectivity index (χ2n) is 6.65. The molecule has 0 amide bonds. The summed E-state index contributed by atoms with van der Waals surface area (Å²) in [6, 6.07) is 6.48. The number of hydrogen-bond donors (Lipinski definition) is 2. The van der Waals surface area contributed by atoms with Crippen LogP contribution < -0.4 is 20.1 Å². The molecule has 0 aliphatic carbocycles. The molecule has 0 saturated carbocycles. The molecule has 6 nitrogen and oxygen atoms in total. The lowest BCUT2D eigenvalue weighted by atomic mass is 9.96. The van der Waals surface area contributed by atoms with Crippen LogP contribution >= 0.6 is 0 Å². The summed E-state index contributed by atoms with van der Waals surface area (Å²) in [5.74, 6) is 2.41. The van der Waals surface area contributed by atoms with E-state index in [2.05, 4.69) is 21.7 Å². The first-order chi connectivity index (χ1) is 12.2. The number of benzene rings is 1. The number of nitrogens with one attached hydrogen (secondary N) is 2. The molecule has 2 heterocycles.